The molecule has 3 N–H and O–H groups in total. The number of aromatic amines is 1. The van der Waals surface area contributed by atoms with Gasteiger partial charge in [-0.1, -0.05) is 11.3 Å². The van der Waals surface area contributed by atoms with Crippen LogP contribution < -0.4 is 15.5 Å². The van der Waals surface area contributed by atoms with Gasteiger partial charge in [-0.05, 0) is 6.07 Å². The van der Waals surface area contributed by atoms with E-state index in [2.05, 4.69) is 25.6 Å². The van der Waals surface area contributed by atoms with Crippen molar-refractivity contribution in [3.8, 4) is 0 Å². The van der Waals surface area contributed by atoms with Crippen molar-refractivity contribution < 1.29 is 0 Å². The molecule has 84 valence electrons. The predicted octanol–water partition coefficient (Wildman–Crippen LogP) is 0.880. The normalized spacial score (nSPS) is 10.1. The van der Waals surface area contributed by atoms with Crippen LogP contribution in [-0.2, 0) is 6.54 Å². The summed E-state index contributed by atoms with van der Waals surface area (Å²) in [6.07, 6.45) is 1.66. The Labute approximate surface area is 95.8 Å². The minimum Gasteiger partial charge on any atom is -0.364 e. The van der Waals surface area contributed by atoms with Crippen LogP contribution in [0.1, 0.15) is 5.69 Å². The van der Waals surface area contributed by atoms with Gasteiger partial charge < -0.3 is 15.6 Å². The molecule has 0 radical (unpaired) electrons. The Balaban J connectivity index is 2.01. The number of hydrogen-bond donors (Lipinski definition) is 3. The van der Waals surface area contributed by atoms with E-state index in [1.165, 1.54) is 0 Å². The molecular weight excluding hydrogens is 226 g/mol. The molecule has 0 spiro atoms. The molecular formula is C9H11N5OS. The number of anilines is 2. The maximum atomic E-state index is 10.9. The molecule has 0 aliphatic carbocycles. The fraction of sp³-hybridized carbons (Fsp3) is 0.222. The van der Waals surface area contributed by atoms with Gasteiger partial charge in [0, 0.05) is 24.3 Å². The van der Waals surface area contributed by atoms with Crippen molar-refractivity contribution in [3.63, 3.8) is 0 Å². The van der Waals surface area contributed by atoms with Crippen LogP contribution >= 0.6 is 11.3 Å². The first-order valence-corrected chi connectivity index (χ1v) is 5.57. The summed E-state index contributed by atoms with van der Waals surface area (Å²) in [5, 5.41) is 7.73. The largest absolute Gasteiger partial charge is 0.364 e. The van der Waals surface area contributed by atoms with Gasteiger partial charge >= 0.3 is 4.87 Å². The number of nitrogens with zero attached hydrogens (tertiary/aromatic N) is 2. The Morgan fingerprint density at radius 3 is 3.12 bits per heavy atom. The summed E-state index contributed by atoms with van der Waals surface area (Å²) < 4.78 is 0. The van der Waals surface area contributed by atoms with Crippen LogP contribution in [0.15, 0.2) is 22.4 Å². The second-order valence-corrected chi connectivity index (χ2v) is 3.88. The van der Waals surface area contributed by atoms with Crippen LogP contribution in [0.25, 0.3) is 0 Å². The van der Waals surface area contributed by atoms with Crippen molar-refractivity contribution in [1.82, 2.24) is 15.0 Å². The van der Waals surface area contributed by atoms with Gasteiger partial charge in [0.25, 0.3) is 0 Å². The first-order valence-electron chi connectivity index (χ1n) is 4.69. The third-order valence-corrected chi connectivity index (χ3v) is 2.63. The molecule has 0 aliphatic heterocycles. The lowest BCUT2D eigenvalue weighted by atomic mass is 10.4. The van der Waals surface area contributed by atoms with Crippen molar-refractivity contribution in [2.24, 2.45) is 0 Å². The second-order valence-electron chi connectivity index (χ2n) is 3.04. The third-order valence-electron chi connectivity index (χ3n) is 1.91. The molecule has 7 heteroatoms. The summed E-state index contributed by atoms with van der Waals surface area (Å²) in [7, 11) is 1.76. The molecule has 0 saturated heterocycles. The highest BCUT2D eigenvalue weighted by Crippen LogP contribution is 2.06. The zero-order valence-corrected chi connectivity index (χ0v) is 9.47. The van der Waals surface area contributed by atoms with Gasteiger partial charge in [0.15, 0.2) is 0 Å². The number of aromatic nitrogens is 3. The summed E-state index contributed by atoms with van der Waals surface area (Å²) in [6.45, 7) is 0.541. The Kier molecular flexibility index (Phi) is 3.16. The average Bonchev–Trinajstić information content (AvgIpc) is 2.73. The van der Waals surface area contributed by atoms with Crippen molar-refractivity contribution in [2.45, 2.75) is 6.54 Å². The first kappa shape index (κ1) is 10.6. The van der Waals surface area contributed by atoms with Gasteiger partial charge in [-0.15, -0.1) is 0 Å². The van der Waals surface area contributed by atoms with Crippen molar-refractivity contribution in [2.75, 3.05) is 17.7 Å². The molecule has 0 amide bonds. The molecule has 0 aromatic carbocycles. The topological polar surface area (TPSA) is 82.7 Å². The fourth-order valence-corrected chi connectivity index (χ4v) is 1.75. The van der Waals surface area contributed by atoms with Gasteiger partial charge in [-0.3, -0.25) is 4.79 Å². The maximum absolute atomic E-state index is 10.9. The summed E-state index contributed by atoms with van der Waals surface area (Å²) in [6, 6.07) is 1.77. The van der Waals surface area contributed by atoms with E-state index in [-0.39, 0.29) is 4.87 Å². The molecule has 0 aliphatic rings. The molecule has 2 heterocycles. The zero-order chi connectivity index (χ0) is 11.4. The lowest BCUT2D eigenvalue weighted by Crippen LogP contribution is -2.05. The quantitative estimate of drug-likeness (QED) is 0.735. The van der Waals surface area contributed by atoms with Gasteiger partial charge in [0.05, 0.1) is 6.54 Å². The second kappa shape index (κ2) is 4.75. The van der Waals surface area contributed by atoms with Crippen molar-refractivity contribution >= 4 is 23.1 Å². The highest BCUT2D eigenvalue weighted by Gasteiger charge is 1.99. The molecule has 2 rings (SSSR count). The van der Waals surface area contributed by atoms with Crippen LogP contribution in [-0.4, -0.2) is 22.0 Å². The minimum absolute atomic E-state index is 0.0459. The van der Waals surface area contributed by atoms with E-state index in [0.717, 1.165) is 17.0 Å². The maximum Gasteiger partial charge on any atom is 0.304 e. The number of nitrogens with one attached hydrogen (secondary N) is 3. The fourth-order valence-electron chi connectivity index (χ4n) is 1.16. The van der Waals surface area contributed by atoms with Crippen molar-refractivity contribution in [1.29, 1.82) is 0 Å². The SMILES string of the molecule is CNc1nccc(NCc2csc(=O)[nH]2)n1. The highest BCUT2D eigenvalue weighted by atomic mass is 32.1. The highest BCUT2D eigenvalue weighted by molar-refractivity contribution is 7.07. The predicted molar refractivity (Wildman–Crippen MR) is 63.8 cm³/mol. The van der Waals surface area contributed by atoms with Crippen LogP contribution in [0.5, 0.6) is 0 Å². The Hall–Kier alpha value is -1.89. The Bertz CT molecular complexity index is 520. The van der Waals surface area contributed by atoms with Crippen LogP contribution in [0.3, 0.4) is 0 Å². The van der Waals surface area contributed by atoms with E-state index in [9.17, 15) is 4.79 Å². The molecule has 2 aromatic rings. The number of H-pyrrole nitrogens is 1. The van der Waals surface area contributed by atoms with Crippen LogP contribution in [0.4, 0.5) is 11.8 Å². The van der Waals surface area contributed by atoms with E-state index in [0.29, 0.717) is 18.3 Å². The first-order chi connectivity index (χ1) is 7.78. The van der Waals surface area contributed by atoms with Crippen molar-refractivity contribution in [3.05, 3.63) is 33.0 Å². The Morgan fingerprint density at radius 2 is 2.44 bits per heavy atom. The van der Waals surface area contributed by atoms with Crippen LogP contribution in [0, 0.1) is 0 Å². The molecule has 16 heavy (non-hydrogen) atoms. The summed E-state index contributed by atoms with van der Waals surface area (Å²) in [5.74, 6) is 1.27. The van der Waals surface area contributed by atoms with Gasteiger partial charge in [0.2, 0.25) is 5.95 Å². The van der Waals surface area contributed by atoms with E-state index in [4.69, 9.17) is 0 Å². The molecule has 2 aromatic heterocycles. The Morgan fingerprint density at radius 1 is 1.56 bits per heavy atom. The average molecular weight is 237 g/mol. The summed E-state index contributed by atoms with van der Waals surface area (Å²) in [4.78, 5) is 21.8. The monoisotopic (exact) mass is 237 g/mol. The summed E-state index contributed by atoms with van der Waals surface area (Å²) in [5.41, 5.74) is 0.847. The van der Waals surface area contributed by atoms with E-state index >= 15 is 0 Å². The number of thiazole rings is 1. The third kappa shape index (κ3) is 2.57. The van der Waals surface area contributed by atoms with E-state index in [1.54, 1.807) is 24.7 Å². The van der Waals surface area contributed by atoms with Gasteiger partial charge in [-0.2, -0.15) is 4.98 Å². The number of rotatable bonds is 4. The van der Waals surface area contributed by atoms with E-state index < -0.39 is 0 Å². The molecule has 0 saturated carbocycles. The lowest BCUT2D eigenvalue weighted by molar-refractivity contribution is 1.03. The van der Waals surface area contributed by atoms with Gasteiger partial charge in [-0.25, -0.2) is 4.98 Å². The molecule has 0 bridgehead atoms. The summed E-state index contributed by atoms with van der Waals surface area (Å²) >= 11 is 1.15. The van der Waals surface area contributed by atoms with E-state index in [1.807, 2.05) is 0 Å². The number of hydrogen-bond acceptors (Lipinski definition) is 6. The zero-order valence-electron chi connectivity index (χ0n) is 8.65. The molecule has 0 fully saturated rings. The van der Waals surface area contributed by atoms with Gasteiger partial charge in [0.1, 0.15) is 5.82 Å². The molecule has 0 atom stereocenters. The molecule has 6 nitrogen and oxygen atoms in total. The lowest BCUT2D eigenvalue weighted by Gasteiger charge is -2.04. The molecule has 0 unspecified atom stereocenters. The smallest absolute Gasteiger partial charge is 0.304 e. The standard InChI is InChI=1S/C9H11N5OS/c1-10-8-11-3-2-7(14-8)12-4-6-5-16-9(15)13-6/h2-3,5H,4H2,1H3,(H,13,15)(H2,10,11,12,14). The minimum atomic E-state index is -0.0459. The van der Waals surface area contributed by atoms with Crippen LogP contribution in [0.2, 0.25) is 0 Å².